The van der Waals surface area contributed by atoms with Gasteiger partial charge in [-0.3, -0.25) is 10.1 Å². The summed E-state index contributed by atoms with van der Waals surface area (Å²) in [6.07, 6.45) is -1.30. The van der Waals surface area contributed by atoms with Crippen LogP contribution in [0.3, 0.4) is 0 Å². The number of para-hydroxylation sites is 1. The van der Waals surface area contributed by atoms with Gasteiger partial charge in [0.1, 0.15) is 0 Å². The van der Waals surface area contributed by atoms with Crippen molar-refractivity contribution in [2.24, 2.45) is 0 Å². The zero-order valence-corrected chi connectivity index (χ0v) is 15.5. The molecule has 0 aliphatic carbocycles. The van der Waals surface area contributed by atoms with E-state index in [0.29, 0.717) is 17.8 Å². The molecule has 0 spiro atoms. The maximum Gasteiger partial charge on any atom is 0.341 e. The third kappa shape index (κ3) is 5.82. The molecule has 2 aromatic carbocycles. The summed E-state index contributed by atoms with van der Waals surface area (Å²) in [6.45, 7) is 2.21. The van der Waals surface area contributed by atoms with Crippen molar-refractivity contribution in [3.8, 4) is 0 Å². The van der Waals surface area contributed by atoms with Crippen molar-refractivity contribution >= 4 is 23.6 Å². The molecule has 0 saturated carbocycles. The molecule has 0 saturated heterocycles. The number of carbonyl (C=O) groups excluding carboxylic acids is 3. The maximum atomic E-state index is 12.7. The summed E-state index contributed by atoms with van der Waals surface area (Å²) in [4.78, 5) is 37.0. The van der Waals surface area contributed by atoms with Gasteiger partial charge in [0, 0.05) is 24.3 Å². The largest absolute Gasteiger partial charge is 0.444 e. The average molecular weight is 385 g/mol. The smallest absolute Gasteiger partial charge is 0.341 e. The summed E-state index contributed by atoms with van der Waals surface area (Å²) >= 11 is 0. The molecule has 4 N–H and O–H groups in total. The molecule has 0 heterocycles. The van der Waals surface area contributed by atoms with Gasteiger partial charge in [-0.25, -0.2) is 9.59 Å². The number of nitrogens with one attached hydrogen (secondary N) is 3. The van der Waals surface area contributed by atoms with E-state index in [1.54, 1.807) is 61.5 Å². The van der Waals surface area contributed by atoms with Crippen LogP contribution in [0.1, 0.15) is 28.9 Å². The van der Waals surface area contributed by atoms with E-state index in [-0.39, 0.29) is 18.7 Å². The first-order chi connectivity index (χ1) is 13.6. The van der Waals surface area contributed by atoms with Crippen LogP contribution < -0.4 is 16.0 Å². The SMILES string of the molecule is CCNC(=O)NC(=O)[C@H](OC(=O)c1ccccc1NCCO)c1ccccc1. The summed E-state index contributed by atoms with van der Waals surface area (Å²) in [5, 5.41) is 16.5. The second-order valence-corrected chi connectivity index (χ2v) is 5.74. The van der Waals surface area contributed by atoms with Gasteiger partial charge in [0.05, 0.1) is 12.2 Å². The van der Waals surface area contributed by atoms with E-state index < -0.39 is 24.0 Å². The fourth-order valence-corrected chi connectivity index (χ4v) is 2.46. The molecule has 8 nitrogen and oxygen atoms in total. The topological polar surface area (TPSA) is 117 Å². The Kier molecular flexibility index (Phi) is 7.98. The van der Waals surface area contributed by atoms with Gasteiger partial charge in [0.15, 0.2) is 0 Å². The summed E-state index contributed by atoms with van der Waals surface area (Å²) in [5.74, 6) is -1.49. The predicted octanol–water partition coefficient (Wildman–Crippen LogP) is 1.83. The lowest BCUT2D eigenvalue weighted by Crippen LogP contribution is -2.42. The number of carbonyl (C=O) groups is 3. The number of esters is 1. The Hall–Kier alpha value is -3.39. The molecule has 0 fully saturated rings. The number of aliphatic hydroxyl groups is 1. The molecule has 0 unspecified atom stereocenters. The van der Waals surface area contributed by atoms with Crippen LogP contribution in [0.5, 0.6) is 0 Å². The van der Waals surface area contributed by atoms with Gasteiger partial charge in [-0.1, -0.05) is 42.5 Å². The predicted molar refractivity (Wildman–Crippen MR) is 104 cm³/mol. The first-order valence-electron chi connectivity index (χ1n) is 8.85. The summed E-state index contributed by atoms with van der Waals surface area (Å²) in [7, 11) is 0. The molecule has 0 aliphatic heterocycles. The molecular weight excluding hydrogens is 362 g/mol. The van der Waals surface area contributed by atoms with Crippen molar-refractivity contribution in [2.75, 3.05) is 25.0 Å². The third-order valence-corrected chi connectivity index (χ3v) is 3.71. The lowest BCUT2D eigenvalue weighted by atomic mass is 10.1. The molecular formula is C20H23N3O5. The van der Waals surface area contributed by atoms with Gasteiger partial charge in [0.25, 0.3) is 5.91 Å². The van der Waals surface area contributed by atoms with Crippen molar-refractivity contribution in [2.45, 2.75) is 13.0 Å². The monoisotopic (exact) mass is 385 g/mol. The summed E-state index contributed by atoms with van der Waals surface area (Å²) in [5.41, 5.74) is 1.11. The summed E-state index contributed by atoms with van der Waals surface area (Å²) in [6, 6.07) is 14.4. The second-order valence-electron chi connectivity index (χ2n) is 5.74. The van der Waals surface area contributed by atoms with Crippen molar-refractivity contribution in [1.82, 2.24) is 10.6 Å². The number of aliphatic hydroxyl groups excluding tert-OH is 1. The van der Waals surface area contributed by atoms with Gasteiger partial charge in [-0.15, -0.1) is 0 Å². The van der Waals surface area contributed by atoms with E-state index in [9.17, 15) is 14.4 Å². The minimum atomic E-state index is -1.30. The molecule has 0 aromatic heterocycles. The Labute approximate surface area is 162 Å². The van der Waals surface area contributed by atoms with Gasteiger partial charge >= 0.3 is 12.0 Å². The molecule has 1 atom stereocenters. The number of anilines is 1. The molecule has 2 aromatic rings. The van der Waals surface area contributed by atoms with E-state index in [0.717, 1.165) is 0 Å². The van der Waals surface area contributed by atoms with Crippen LogP contribution in [0.25, 0.3) is 0 Å². The van der Waals surface area contributed by atoms with Crippen LogP contribution in [0.4, 0.5) is 10.5 Å². The fourth-order valence-electron chi connectivity index (χ4n) is 2.46. The van der Waals surface area contributed by atoms with Gasteiger partial charge in [-0.2, -0.15) is 0 Å². The van der Waals surface area contributed by atoms with E-state index >= 15 is 0 Å². The number of ether oxygens (including phenoxy) is 1. The molecule has 28 heavy (non-hydrogen) atoms. The van der Waals surface area contributed by atoms with Gasteiger partial charge < -0.3 is 20.5 Å². The number of urea groups is 1. The summed E-state index contributed by atoms with van der Waals surface area (Å²) < 4.78 is 5.45. The molecule has 0 bridgehead atoms. The number of imide groups is 1. The van der Waals surface area contributed by atoms with Crippen LogP contribution in [0, 0.1) is 0 Å². The molecule has 2 rings (SSSR count). The van der Waals surface area contributed by atoms with Crippen LogP contribution in [0.15, 0.2) is 54.6 Å². The fraction of sp³-hybridized carbons (Fsp3) is 0.250. The number of benzene rings is 2. The van der Waals surface area contributed by atoms with Gasteiger partial charge in [-0.05, 0) is 19.1 Å². The Morgan fingerprint density at radius 2 is 1.71 bits per heavy atom. The Bertz CT molecular complexity index is 810. The van der Waals surface area contributed by atoms with Crippen LogP contribution in [0.2, 0.25) is 0 Å². The van der Waals surface area contributed by atoms with Crippen LogP contribution in [-0.2, 0) is 9.53 Å². The molecule has 148 valence electrons. The minimum Gasteiger partial charge on any atom is -0.444 e. The molecule has 3 amide bonds. The number of amides is 3. The molecule has 0 radical (unpaired) electrons. The standard InChI is InChI=1S/C20H23N3O5/c1-2-21-20(27)23-18(25)17(14-8-4-3-5-9-14)28-19(26)15-10-6-7-11-16(15)22-12-13-24/h3-11,17,22,24H,2,12-13H2,1H3,(H2,21,23,25,27)/t17-/m1/s1. The zero-order chi connectivity index (χ0) is 20.4. The maximum absolute atomic E-state index is 12.7. The van der Waals surface area contributed by atoms with E-state index in [2.05, 4.69) is 16.0 Å². The lowest BCUT2D eigenvalue weighted by molar-refractivity contribution is -0.129. The van der Waals surface area contributed by atoms with E-state index in [1.807, 2.05) is 0 Å². The lowest BCUT2D eigenvalue weighted by Gasteiger charge is -2.19. The average Bonchev–Trinajstić information content (AvgIpc) is 2.71. The second kappa shape index (κ2) is 10.7. The van der Waals surface area contributed by atoms with Gasteiger partial charge in [0.2, 0.25) is 6.10 Å². The van der Waals surface area contributed by atoms with Crippen molar-refractivity contribution in [1.29, 1.82) is 0 Å². The first kappa shape index (κ1) is 20.9. The highest BCUT2D eigenvalue weighted by molar-refractivity contribution is 6.00. The number of hydrogen-bond donors (Lipinski definition) is 4. The van der Waals surface area contributed by atoms with Crippen molar-refractivity contribution in [3.63, 3.8) is 0 Å². The van der Waals surface area contributed by atoms with E-state index in [4.69, 9.17) is 9.84 Å². The number of rotatable bonds is 8. The Morgan fingerprint density at radius 3 is 2.39 bits per heavy atom. The number of hydrogen-bond acceptors (Lipinski definition) is 6. The van der Waals surface area contributed by atoms with E-state index in [1.165, 1.54) is 0 Å². The highest BCUT2D eigenvalue weighted by atomic mass is 16.5. The highest BCUT2D eigenvalue weighted by Gasteiger charge is 2.27. The van der Waals surface area contributed by atoms with Crippen molar-refractivity contribution in [3.05, 3.63) is 65.7 Å². The normalized spacial score (nSPS) is 11.2. The first-order valence-corrected chi connectivity index (χ1v) is 8.85. The van der Waals surface area contributed by atoms with Crippen LogP contribution >= 0.6 is 0 Å². The quantitative estimate of drug-likeness (QED) is 0.515. The molecule has 8 heteroatoms. The minimum absolute atomic E-state index is 0.106. The third-order valence-electron chi connectivity index (χ3n) is 3.71. The highest BCUT2D eigenvalue weighted by Crippen LogP contribution is 2.23. The Balaban J connectivity index is 2.24. The van der Waals surface area contributed by atoms with Crippen LogP contribution in [-0.4, -0.2) is 42.7 Å². The zero-order valence-electron chi connectivity index (χ0n) is 15.5. The Morgan fingerprint density at radius 1 is 1.04 bits per heavy atom. The van der Waals surface area contributed by atoms with Crippen molar-refractivity contribution < 1.29 is 24.2 Å². The molecule has 0 aliphatic rings.